The van der Waals surface area contributed by atoms with Gasteiger partial charge in [-0.3, -0.25) is 9.59 Å². The molecule has 18 atom stereocenters. The van der Waals surface area contributed by atoms with E-state index in [9.17, 15) is 24.9 Å². The van der Waals surface area contributed by atoms with Crippen LogP contribution in [0.4, 0.5) is 4.79 Å². The van der Waals surface area contributed by atoms with Crippen molar-refractivity contribution in [2.24, 2.45) is 23.7 Å². The molecule has 0 radical (unpaired) electrons. The predicted octanol–water partition coefficient (Wildman–Crippen LogP) is 7.77. The summed E-state index contributed by atoms with van der Waals surface area (Å²) in [6.07, 6.45) is -3.17. The molecule has 6 rings (SSSR count). The molecule has 0 aromatic heterocycles. The molecular formula is C65H102N3O13P. The van der Waals surface area contributed by atoms with Crippen LogP contribution in [0, 0.1) is 23.7 Å². The first-order valence-corrected chi connectivity index (χ1v) is 32.4. The van der Waals surface area contributed by atoms with Crippen molar-refractivity contribution in [1.82, 2.24) is 15.1 Å². The summed E-state index contributed by atoms with van der Waals surface area (Å²) in [5.74, 6) is -3.84. The molecule has 1 amide bonds. The summed E-state index contributed by atoms with van der Waals surface area (Å²) < 4.78 is 45.1. The third-order valence-electron chi connectivity index (χ3n) is 18.6. The SMILES string of the molecule is CC[C@H]1OC(=O)[C@H](C)[C@@H](C2C[C@@](C)(OC)[C@@H](O)[C@H](C)O2)[C@H](C)[C@@H](O[C@@H]2O[C@H](C)C[C@H](N(C)C)[C@H]2OC(C)=O)[C@](C)(O)C[C@@H](C)CN(C)[C@H](C)[C@@H](OC(=O)NCCCCCC[PH](c2ccccc2)(c2ccccc2)c2ccccc2)[C@]1(C)O. The fourth-order valence-electron chi connectivity index (χ4n) is 14.1. The summed E-state index contributed by atoms with van der Waals surface area (Å²) in [7, 11) is 4.87. The molecule has 0 saturated carbocycles. The van der Waals surface area contributed by atoms with Crippen molar-refractivity contribution in [2.45, 2.75) is 212 Å². The number of aliphatic hydroxyl groups is 3. The number of rotatable bonds is 18. The quantitative estimate of drug-likeness (QED) is 0.0417. The van der Waals surface area contributed by atoms with Gasteiger partial charge in [-0.2, -0.15) is 0 Å². The summed E-state index contributed by atoms with van der Waals surface area (Å²) >= 11 is 0. The molecule has 3 saturated heterocycles. The molecule has 4 N–H and O–H groups in total. The fourth-order valence-corrected chi connectivity index (χ4v) is 19.0. The Kier molecular flexibility index (Phi) is 24.0. The summed E-state index contributed by atoms with van der Waals surface area (Å²) in [5, 5.41) is 44.6. The van der Waals surface area contributed by atoms with Crippen LogP contribution in [-0.2, 0) is 42.7 Å². The normalized spacial score (nSPS) is 35.8. The Hall–Kier alpha value is -4.06. The monoisotopic (exact) mass is 1160 g/mol. The zero-order chi connectivity index (χ0) is 60.3. The Labute approximate surface area is 490 Å². The average Bonchev–Trinajstić information content (AvgIpc) is 3.57. The number of hydrogen-bond acceptors (Lipinski definition) is 15. The van der Waals surface area contributed by atoms with Crippen LogP contribution in [0.5, 0.6) is 0 Å². The van der Waals surface area contributed by atoms with Gasteiger partial charge in [0.15, 0.2) is 12.4 Å². The van der Waals surface area contributed by atoms with Gasteiger partial charge in [-0.05, 0) is 79.9 Å². The zero-order valence-corrected chi connectivity index (χ0v) is 52.9. The van der Waals surface area contributed by atoms with Gasteiger partial charge in [0, 0.05) is 32.9 Å². The molecule has 3 heterocycles. The van der Waals surface area contributed by atoms with E-state index in [-0.39, 0.29) is 37.3 Å². The minimum atomic E-state index is -2.38. The maximum absolute atomic E-state index is 15.1. The van der Waals surface area contributed by atoms with Crippen LogP contribution in [0.15, 0.2) is 91.0 Å². The number of unbranched alkanes of at least 4 members (excludes halogenated alkanes) is 3. The van der Waals surface area contributed by atoms with Gasteiger partial charge in [0.2, 0.25) is 0 Å². The molecular weight excluding hydrogens is 1060 g/mol. The molecule has 3 fully saturated rings. The van der Waals surface area contributed by atoms with Crippen molar-refractivity contribution in [3.05, 3.63) is 91.0 Å². The van der Waals surface area contributed by atoms with Crippen LogP contribution in [0.25, 0.3) is 0 Å². The van der Waals surface area contributed by atoms with Gasteiger partial charge in [-0.25, -0.2) is 0 Å². The number of nitrogens with one attached hydrogen (secondary N) is 1. The molecule has 460 valence electrons. The van der Waals surface area contributed by atoms with Crippen LogP contribution in [0.2, 0.25) is 0 Å². The topological polar surface area (TPSA) is 195 Å². The molecule has 1 unspecified atom stereocenters. The minimum absolute atomic E-state index is 0.171. The van der Waals surface area contributed by atoms with E-state index < -0.39 is 115 Å². The van der Waals surface area contributed by atoms with E-state index >= 15 is 4.79 Å². The Morgan fingerprint density at radius 3 is 1.89 bits per heavy atom. The Morgan fingerprint density at radius 1 is 0.805 bits per heavy atom. The van der Waals surface area contributed by atoms with Gasteiger partial charge in [0.1, 0.15) is 6.10 Å². The number of nitrogens with zero attached hydrogens (tertiary/aromatic N) is 2. The van der Waals surface area contributed by atoms with Crippen LogP contribution in [0.3, 0.4) is 0 Å². The van der Waals surface area contributed by atoms with E-state index in [1.54, 1.807) is 27.7 Å². The molecule has 16 nitrogen and oxygen atoms in total. The van der Waals surface area contributed by atoms with E-state index in [1.165, 1.54) is 29.9 Å². The molecule has 3 aromatic carbocycles. The van der Waals surface area contributed by atoms with Crippen LogP contribution in [-0.4, -0.2) is 175 Å². The van der Waals surface area contributed by atoms with Crippen LogP contribution < -0.4 is 21.2 Å². The van der Waals surface area contributed by atoms with Crippen LogP contribution in [0.1, 0.15) is 128 Å². The van der Waals surface area contributed by atoms with Gasteiger partial charge < -0.3 is 43.5 Å². The summed E-state index contributed by atoms with van der Waals surface area (Å²) in [5.41, 5.74) is -4.61. The number of likely N-dealkylation sites (N-methyl/N-ethyl adjacent to an activating group) is 2. The summed E-state index contributed by atoms with van der Waals surface area (Å²) in [4.78, 5) is 45.9. The molecule has 0 aliphatic carbocycles. The molecule has 0 spiro atoms. The summed E-state index contributed by atoms with van der Waals surface area (Å²) in [6.45, 7) is 20.3. The molecule has 3 aliphatic heterocycles. The Bertz CT molecular complexity index is 2360. The third-order valence-corrected chi connectivity index (χ3v) is 23.6. The van der Waals surface area contributed by atoms with Crippen molar-refractivity contribution in [3.63, 3.8) is 0 Å². The van der Waals surface area contributed by atoms with Gasteiger partial charge in [-0.1, -0.05) is 27.7 Å². The summed E-state index contributed by atoms with van der Waals surface area (Å²) in [6, 6.07) is 31.8. The number of amides is 1. The van der Waals surface area contributed by atoms with Crippen molar-refractivity contribution < 1.29 is 62.9 Å². The number of carbonyl (C=O) groups excluding carboxylic acids is 3. The van der Waals surface area contributed by atoms with E-state index in [0.717, 1.165) is 31.8 Å². The second-order valence-electron chi connectivity index (χ2n) is 25.3. The second-order valence-corrected chi connectivity index (χ2v) is 29.4. The molecule has 3 aliphatic rings. The number of alkyl carbamates (subject to hydrolysis) is 1. The van der Waals surface area contributed by atoms with Crippen molar-refractivity contribution in [2.75, 3.05) is 47.5 Å². The first kappa shape index (κ1) is 67.1. The van der Waals surface area contributed by atoms with E-state index in [1.807, 2.05) is 72.5 Å². The molecule has 17 heteroatoms. The number of carbonyl (C=O) groups is 3. The zero-order valence-electron chi connectivity index (χ0n) is 51.9. The van der Waals surface area contributed by atoms with Gasteiger partial charge in [0.25, 0.3) is 0 Å². The average molecular weight is 1160 g/mol. The Morgan fingerprint density at radius 2 is 1.37 bits per heavy atom. The third kappa shape index (κ3) is 15.9. The van der Waals surface area contributed by atoms with Crippen LogP contribution >= 0.6 is 7.26 Å². The van der Waals surface area contributed by atoms with Crippen molar-refractivity contribution in [1.29, 1.82) is 0 Å². The first-order chi connectivity index (χ1) is 38.7. The Balaban J connectivity index is 1.26. The second kappa shape index (κ2) is 29.4. The number of esters is 2. The van der Waals surface area contributed by atoms with Gasteiger partial charge in [-0.15, -0.1) is 0 Å². The van der Waals surface area contributed by atoms with E-state index in [2.05, 4.69) is 96.3 Å². The van der Waals surface area contributed by atoms with Crippen molar-refractivity contribution >= 4 is 41.2 Å². The number of aliphatic hydroxyl groups excluding tert-OH is 1. The van der Waals surface area contributed by atoms with Gasteiger partial charge >= 0.3 is 233 Å². The number of hydrogen-bond donors (Lipinski definition) is 4. The number of methoxy groups -OCH3 is 1. The van der Waals surface area contributed by atoms with Crippen molar-refractivity contribution in [3.8, 4) is 0 Å². The molecule has 0 bridgehead atoms. The predicted molar refractivity (Wildman–Crippen MR) is 324 cm³/mol. The number of benzene rings is 3. The number of ether oxygens (including phenoxy) is 7. The van der Waals surface area contributed by atoms with E-state index in [4.69, 9.17) is 33.2 Å². The molecule has 82 heavy (non-hydrogen) atoms. The molecule has 3 aromatic rings. The number of cyclic esters (lactones) is 1. The first-order valence-electron chi connectivity index (χ1n) is 30.2. The van der Waals surface area contributed by atoms with E-state index in [0.29, 0.717) is 19.5 Å². The fraction of sp³-hybridized carbons (Fsp3) is 0.677. The standard InChI is InChI=1S/C65H102N3O13P/c1-16-54-65(11,74)59(81-62(72)66-36-28-17-18-29-37-82(49-30-22-19-23-31-49,50-32-24-20-25-33-50)51-34-26-21-27-35-51)46(6)68(14)41-42(2)39-63(9,73)58(80-61-56(78-48(8)69)52(67(12)13)38-43(3)76-61)44(4)55(45(5)60(71)79-54)53-40-64(10,75-15)57(70)47(7)77-53/h19-27,30-35,42-47,52-59,61,70,73-74,82H,16-18,28-29,36-41H2,1-15H3,(H,66,72)/t42-,43-,44+,45-,46-,47+,52+,53?,54-,55+,56-,57+,58-,59-,61+,63-,64-,65-/m1/s1. The van der Waals surface area contributed by atoms with Gasteiger partial charge in [0.05, 0.1) is 47.6 Å². The maximum atomic E-state index is 15.1.